The van der Waals surface area contributed by atoms with E-state index in [1.807, 2.05) is 41.4 Å². The van der Waals surface area contributed by atoms with Crippen LogP contribution in [0.25, 0.3) is 0 Å². The van der Waals surface area contributed by atoms with E-state index in [0.717, 1.165) is 44.0 Å². The molecule has 0 saturated carbocycles. The van der Waals surface area contributed by atoms with Gasteiger partial charge in [0, 0.05) is 43.6 Å². The van der Waals surface area contributed by atoms with Gasteiger partial charge in [-0.3, -0.25) is 4.79 Å². The van der Waals surface area contributed by atoms with Crippen molar-refractivity contribution in [2.75, 3.05) is 40.9 Å². The topological polar surface area (TPSA) is 39.7 Å². The number of nitrogens with zero attached hydrogens (tertiary/aromatic N) is 4. The van der Waals surface area contributed by atoms with E-state index in [1.165, 1.54) is 11.3 Å². The average Bonchev–Trinajstić information content (AvgIpc) is 3.15. The van der Waals surface area contributed by atoms with Gasteiger partial charge in [-0.1, -0.05) is 36.4 Å². The molecule has 1 amide bonds. The quantitative estimate of drug-likeness (QED) is 0.669. The lowest BCUT2D eigenvalue weighted by Crippen LogP contribution is -2.46. The van der Waals surface area contributed by atoms with Crippen molar-refractivity contribution in [3.8, 4) is 0 Å². The summed E-state index contributed by atoms with van der Waals surface area (Å²) in [6, 6.07) is 22.7. The molecule has 0 radical (unpaired) electrons. The van der Waals surface area contributed by atoms with Crippen LogP contribution in [0, 0.1) is 0 Å². The van der Waals surface area contributed by atoms with Gasteiger partial charge in [-0.05, 0) is 49.2 Å². The van der Waals surface area contributed by atoms with Crippen LogP contribution in [0.1, 0.15) is 23.0 Å². The Bertz CT molecular complexity index is 1030. The molecule has 1 saturated heterocycles. The lowest BCUT2D eigenvalue weighted by atomic mass is 10.1. The van der Waals surface area contributed by atoms with E-state index in [-0.39, 0.29) is 11.9 Å². The van der Waals surface area contributed by atoms with E-state index in [0.29, 0.717) is 5.69 Å². The van der Waals surface area contributed by atoms with Gasteiger partial charge in [0.15, 0.2) is 0 Å². The maximum absolute atomic E-state index is 13.2. The van der Waals surface area contributed by atoms with Gasteiger partial charge in [-0.25, -0.2) is 4.98 Å². The summed E-state index contributed by atoms with van der Waals surface area (Å²) < 4.78 is 0. The van der Waals surface area contributed by atoms with Crippen molar-refractivity contribution < 1.29 is 4.79 Å². The summed E-state index contributed by atoms with van der Waals surface area (Å²) in [7, 11) is 0. The second kappa shape index (κ2) is 7.82. The SMILES string of the molecule is CC1Cc2ccccc2N1C(=O)c1ccc(N2CCN(c3ccccc3)CC2)cn1. The van der Waals surface area contributed by atoms with E-state index in [9.17, 15) is 4.79 Å². The van der Waals surface area contributed by atoms with Crippen LogP contribution in [0.5, 0.6) is 0 Å². The Balaban J connectivity index is 1.27. The maximum Gasteiger partial charge on any atom is 0.277 e. The number of carbonyl (C=O) groups is 1. The smallest absolute Gasteiger partial charge is 0.277 e. The molecule has 1 unspecified atom stereocenters. The van der Waals surface area contributed by atoms with Crippen LogP contribution in [0.15, 0.2) is 72.9 Å². The van der Waals surface area contributed by atoms with E-state index in [4.69, 9.17) is 0 Å². The zero-order chi connectivity index (χ0) is 20.5. The lowest BCUT2D eigenvalue weighted by Gasteiger charge is -2.37. The summed E-state index contributed by atoms with van der Waals surface area (Å²) in [5.74, 6) is -0.0205. The fraction of sp³-hybridized carbons (Fsp3) is 0.280. The van der Waals surface area contributed by atoms with Crippen LogP contribution in [0.2, 0.25) is 0 Å². The molecule has 3 aromatic rings. The van der Waals surface area contributed by atoms with Crippen LogP contribution in [0.4, 0.5) is 17.1 Å². The molecule has 5 heteroatoms. The third-order valence-electron chi connectivity index (χ3n) is 6.16. The number of carbonyl (C=O) groups excluding carboxylic acids is 1. The van der Waals surface area contributed by atoms with Crippen molar-refractivity contribution >= 4 is 23.0 Å². The van der Waals surface area contributed by atoms with Gasteiger partial charge >= 0.3 is 0 Å². The monoisotopic (exact) mass is 398 g/mol. The number of piperazine rings is 1. The molecular formula is C25H26N4O. The van der Waals surface area contributed by atoms with Gasteiger partial charge in [0.2, 0.25) is 0 Å². The Morgan fingerprint density at radius 2 is 1.50 bits per heavy atom. The Morgan fingerprint density at radius 1 is 0.833 bits per heavy atom. The minimum atomic E-state index is -0.0205. The molecule has 1 atom stereocenters. The van der Waals surface area contributed by atoms with Crippen LogP contribution < -0.4 is 14.7 Å². The van der Waals surface area contributed by atoms with E-state index >= 15 is 0 Å². The second-order valence-electron chi connectivity index (χ2n) is 8.07. The summed E-state index contributed by atoms with van der Waals surface area (Å²) in [6.45, 7) is 5.94. The van der Waals surface area contributed by atoms with Crippen molar-refractivity contribution in [2.24, 2.45) is 0 Å². The second-order valence-corrected chi connectivity index (χ2v) is 8.07. The van der Waals surface area contributed by atoms with Crippen LogP contribution in [0.3, 0.4) is 0 Å². The zero-order valence-electron chi connectivity index (χ0n) is 17.2. The van der Waals surface area contributed by atoms with Gasteiger partial charge in [0.1, 0.15) is 5.69 Å². The zero-order valence-corrected chi connectivity index (χ0v) is 17.2. The number of hydrogen-bond acceptors (Lipinski definition) is 4. The molecule has 152 valence electrons. The van der Waals surface area contributed by atoms with Crippen molar-refractivity contribution in [3.63, 3.8) is 0 Å². The molecule has 1 aromatic heterocycles. The van der Waals surface area contributed by atoms with E-state index in [2.05, 4.69) is 58.1 Å². The van der Waals surface area contributed by atoms with Crippen molar-refractivity contribution in [1.82, 2.24) is 4.98 Å². The van der Waals surface area contributed by atoms with Crippen LogP contribution in [-0.4, -0.2) is 43.1 Å². The van der Waals surface area contributed by atoms with E-state index < -0.39 is 0 Å². The fourth-order valence-corrected chi connectivity index (χ4v) is 4.56. The first-order valence-corrected chi connectivity index (χ1v) is 10.6. The highest BCUT2D eigenvalue weighted by molar-refractivity contribution is 6.06. The molecule has 1 fully saturated rings. The lowest BCUT2D eigenvalue weighted by molar-refractivity contribution is 0.0976. The first-order valence-electron chi connectivity index (χ1n) is 10.6. The number of pyridine rings is 1. The molecule has 0 bridgehead atoms. The molecule has 2 aliphatic rings. The fourth-order valence-electron chi connectivity index (χ4n) is 4.56. The van der Waals surface area contributed by atoms with Crippen molar-refractivity contribution in [1.29, 1.82) is 0 Å². The molecule has 0 aliphatic carbocycles. The minimum Gasteiger partial charge on any atom is -0.368 e. The molecule has 5 nitrogen and oxygen atoms in total. The average molecular weight is 399 g/mol. The van der Waals surface area contributed by atoms with Crippen molar-refractivity contribution in [3.05, 3.63) is 84.2 Å². The predicted molar refractivity (Wildman–Crippen MR) is 122 cm³/mol. The summed E-state index contributed by atoms with van der Waals surface area (Å²) in [6.07, 6.45) is 2.74. The van der Waals surface area contributed by atoms with E-state index in [1.54, 1.807) is 0 Å². The van der Waals surface area contributed by atoms with Gasteiger partial charge in [0.25, 0.3) is 5.91 Å². The molecule has 2 aliphatic heterocycles. The first kappa shape index (κ1) is 18.7. The van der Waals surface area contributed by atoms with Crippen molar-refractivity contribution in [2.45, 2.75) is 19.4 Å². The van der Waals surface area contributed by atoms with Gasteiger partial charge in [-0.15, -0.1) is 0 Å². The number of fused-ring (bicyclic) bond motifs is 1. The number of anilines is 3. The molecule has 3 heterocycles. The number of hydrogen-bond donors (Lipinski definition) is 0. The Kier molecular flexibility index (Phi) is 4.87. The largest absolute Gasteiger partial charge is 0.368 e. The summed E-state index contributed by atoms with van der Waals surface area (Å²) >= 11 is 0. The van der Waals surface area contributed by atoms with Crippen LogP contribution in [-0.2, 0) is 6.42 Å². The maximum atomic E-state index is 13.2. The molecule has 5 rings (SSSR count). The normalized spacial score (nSPS) is 18.4. The summed E-state index contributed by atoms with van der Waals surface area (Å²) in [5.41, 5.74) is 5.10. The molecular weight excluding hydrogens is 372 g/mol. The number of para-hydroxylation sites is 2. The third-order valence-corrected chi connectivity index (χ3v) is 6.16. The first-order chi connectivity index (χ1) is 14.7. The van der Waals surface area contributed by atoms with Gasteiger partial charge in [-0.2, -0.15) is 0 Å². The molecule has 2 aromatic carbocycles. The Hall–Kier alpha value is -3.34. The molecule has 0 N–H and O–H groups in total. The highest BCUT2D eigenvalue weighted by atomic mass is 16.2. The summed E-state index contributed by atoms with van der Waals surface area (Å²) in [5, 5.41) is 0. The third kappa shape index (κ3) is 3.41. The molecule has 30 heavy (non-hydrogen) atoms. The Labute approximate surface area is 177 Å². The molecule has 0 spiro atoms. The number of benzene rings is 2. The standard InChI is InChI=1S/C25H26N4O/c1-19-17-20-7-5-6-10-24(20)29(19)25(30)23-12-11-22(18-26-23)28-15-13-27(14-16-28)21-8-3-2-4-9-21/h2-12,18-19H,13-17H2,1H3. The highest BCUT2D eigenvalue weighted by Gasteiger charge is 2.31. The number of rotatable bonds is 3. The minimum absolute atomic E-state index is 0.0205. The van der Waals surface area contributed by atoms with Gasteiger partial charge in [0.05, 0.1) is 11.9 Å². The van der Waals surface area contributed by atoms with Crippen LogP contribution >= 0.6 is 0 Å². The number of amides is 1. The van der Waals surface area contributed by atoms with Gasteiger partial charge < -0.3 is 14.7 Å². The highest BCUT2D eigenvalue weighted by Crippen LogP contribution is 2.33. The summed E-state index contributed by atoms with van der Waals surface area (Å²) in [4.78, 5) is 24.3. The predicted octanol–water partition coefficient (Wildman–Crippen LogP) is 4.00. The Morgan fingerprint density at radius 3 is 2.20 bits per heavy atom. The number of aromatic nitrogens is 1.